The molecule has 3 rings (SSSR count). The molecule has 172 valence electrons. The van der Waals surface area contributed by atoms with E-state index >= 15 is 0 Å². The van der Waals surface area contributed by atoms with Gasteiger partial charge in [-0.3, -0.25) is 9.59 Å². The molecule has 0 radical (unpaired) electrons. The highest BCUT2D eigenvalue weighted by Crippen LogP contribution is 2.28. The molecule has 0 saturated heterocycles. The third-order valence-corrected chi connectivity index (χ3v) is 5.41. The minimum atomic E-state index is -1.21. The number of aliphatic carboxylic acids is 1. The summed E-state index contributed by atoms with van der Waals surface area (Å²) in [5, 5.41) is 14.7. The van der Waals surface area contributed by atoms with E-state index in [1.54, 1.807) is 43.5 Å². The van der Waals surface area contributed by atoms with Crippen molar-refractivity contribution < 1.29 is 24.2 Å². The van der Waals surface area contributed by atoms with Crippen molar-refractivity contribution >= 4 is 17.8 Å². The average Bonchev–Trinajstić information content (AvgIpc) is 3.11. The van der Waals surface area contributed by atoms with Crippen molar-refractivity contribution in [2.75, 3.05) is 7.11 Å². The van der Waals surface area contributed by atoms with Gasteiger partial charge in [0.15, 0.2) is 6.04 Å². The van der Waals surface area contributed by atoms with E-state index in [-0.39, 0.29) is 0 Å². The Morgan fingerprint density at radius 3 is 2.24 bits per heavy atom. The number of aromatic nitrogens is 1. The van der Waals surface area contributed by atoms with Crippen molar-refractivity contribution in [3.05, 3.63) is 83.2 Å². The first-order valence-corrected chi connectivity index (χ1v) is 10.5. The molecular weight excluding hydrogens is 422 g/mol. The Bertz CT molecular complexity index is 1170. The number of amides is 2. The lowest BCUT2D eigenvalue weighted by atomic mass is 10.1. The molecule has 0 aliphatic heterocycles. The molecule has 2 aromatic carbocycles. The second kappa shape index (κ2) is 10.0. The van der Waals surface area contributed by atoms with Gasteiger partial charge in [-0.2, -0.15) is 0 Å². The number of nitrogens with one attached hydrogen (secondary N) is 2. The molecular formula is C25H27N3O5. The Hall–Kier alpha value is -4.07. The summed E-state index contributed by atoms with van der Waals surface area (Å²) in [5.41, 5.74) is 3.17. The monoisotopic (exact) mass is 449 g/mol. The lowest BCUT2D eigenvalue weighted by Gasteiger charge is -2.19. The lowest BCUT2D eigenvalue weighted by molar-refractivity contribution is -0.142. The van der Waals surface area contributed by atoms with Gasteiger partial charge in [-0.15, -0.1) is 0 Å². The summed E-state index contributed by atoms with van der Waals surface area (Å²) < 4.78 is 7.36. The number of carbonyl (C=O) groups excluding carboxylic acids is 2. The highest BCUT2D eigenvalue weighted by Gasteiger charge is 2.26. The Morgan fingerprint density at radius 2 is 1.61 bits per heavy atom. The summed E-state index contributed by atoms with van der Waals surface area (Å²) in [6.07, 6.45) is 0. The van der Waals surface area contributed by atoms with E-state index in [1.807, 2.05) is 42.7 Å². The second-order valence-electron chi connectivity index (χ2n) is 7.68. The summed E-state index contributed by atoms with van der Waals surface area (Å²) in [6.45, 7) is 5.20. The third kappa shape index (κ3) is 5.06. The van der Waals surface area contributed by atoms with Crippen molar-refractivity contribution in [2.45, 2.75) is 32.9 Å². The second-order valence-corrected chi connectivity index (χ2v) is 7.68. The molecule has 0 aliphatic carbocycles. The Morgan fingerprint density at radius 1 is 0.970 bits per heavy atom. The van der Waals surface area contributed by atoms with Gasteiger partial charge < -0.3 is 25.0 Å². The maximum atomic E-state index is 13.0. The molecule has 3 N–H and O–H groups in total. The molecule has 1 heterocycles. The van der Waals surface area contributed by atoms with Gasteiger partial charge in [0.05, 0.1) is 18.4 Å². The zero-order valence-corrected chi connectivity index (χ0v) is 19.0. The van der Waals surface area contributed by atoms with Crippen molar-refractivity contribution in [2.24, 2.45) is 0 Å². The summed E-state index contributed by atoms with van der Waals surface area (Å²) in [6, 6.07) is 15.5. The molecule has 1 aromatic heterocycles. The zero-order chi connectivity index (χ0) is 24.1. The third-order valence-electron chi connectivity index (χ3n) is 5.41. The number of hydrogen-bond acceptors (Lipinski definition) is 4. The fourth-order valence-electron chi connectivity index (χ4n) is 3.72. The first-order chi connectivity index (χ1) is 15.7. The molecule has 0 spiro atoms. The van der Waals surface area contributed by atoms with E-state index in [2.05, 4.69) is 10.6 Å². The first kappa shape index (κ1) is 23.6. The fourth-order valence-corrected chi connectivity index (χ4v) is 3.72. The van der Waals surface area contributed by atoms with Crippen LogP contribution < -0.4 is 15.4 Å². The predicted octanol–water partition coefficient (Wildman–Crippen LogP) is 3.16. The van der Waals surface area contributed by atoms with Gasteiger partial charge in [0.25, 0.3) is 5.91 Å². The number of methoxy groups -OCH3 is 1. The number of carboxylic acids is 1. The Balaban J connectivity index is 1.77. The van der Waals surface area contributed by atoms with E-state index in [0.29, 0.717) is 22.6 Å². The minimum Gasteiger partial charge on any atom is -0.495 e. The van der Waals surface area contributed by atoms with Crippen LogP contribution in [0, 0.1) is 13.8 Å². The number of carboxylic acid groups (broad SMARTS) is 1. The molecule has 8 nitrogen and oxygen atoms in total. The van der Waals surface area contributed by atoms with Crippen LogP contribution in [0.15, 0.2) is 60.7 Å². The van der Waals surface area contributed by atoms with Crippen molar-refractivity contribution in [3.8, 4) is 11.4 Å². The standard InChI is InChI=1S/C25H27N3O5/c1-15-14-19(17(3)28(15)20-12-8-9-13-21(20)33-4)24(30)26-16(2)23(29)27-22(25(31)32)18-10-6-5-7-11-18/h5-14,16,22H,1-4H3,(H,26,30)(H,27,29)(H,31,32). The van der Waals surface area contributed by atoms with Crippen LogP contribution in [0.5, 0.6) is 5.75 Å². The van der Waals surface area contributed by atoms with Crippen LogP contribution in [0.1, 0.15) is 40.3 Å². The molecule has 0 saturated carbocycles. The Labute approximate surface area is 192 Å². The van der Waals surface area contributed by atoms with Gasteiger partial charge in [0, 0.05) is 11.4 Å². The van der Waals surface area contributed by atoms with Crippen LogP contribution in [-0.2, 0) is 9.59 Å². The quantitative estimate of drug-likeness (QED) is 0.489. The van der Waals surface area contributed by atoms with Crippen LogP contribution in [-0.4, -0.2) is 40.6 Å². The summed E-state index contributed by atoms with van der Waals surface area (Å²) >= 11 is 0. The maximum Gasteiger partial charge on any atom is 0.330 e. The van der Waals surface area contributed by atoms with Gasteiger partial charge >= 0.3 is 5.97 Å². The van der Waals surface area contributed by atoms with Crippen molar-refractivity contribution in [3.63, 3.8) is 0 Å². The number of ether oxygens (including phenoxy) is 1. The number of hydrogen-bond donors (Lipinski definition) is 3. The number of carbonyl (C=O) groups is 3. The van der Waals surface area contributed by atoms with E-state index < -0.39 is 29.9 Å². The number of aryl methyl sites for hydroxylation is 1. The SMILES string of the molecule is COc1ccccc1-n1c(C)cc(C(=O)NC(C)C(=O)NC(C(=O)O)c2ccccc2)c1C. The molecule has 0 fully saturated rings. The molecule has 2 amide bonds. The largest absolute Gasteiger partial charge is 0.495 e. The van der Waals surface area contributed by atoms with Gasteiger partial charge in [-0.1, -0.05) is 42.5 Å². The van der Waals surface area contributed by atoms with Crippen LogP contribution >= 0.6 is 0 Å². The van der Waals surface area contributed by atoms with Gasteiger partial charge in [0.2, 0.25) is 5.91 Å². The van der Waals surface area contributed by atoms with Crippen LogP contribution in [0.4, 0.5) is 0 Å². The smallest absolute Gasteiger partial charge is 0.330 e. The highest BCUT2D eigenvalue weighted by molar-refractivity contribution is 5.99. The fraction of sp³-hybridized carbons (Fsp3) is 0.240. The van der Waals surface area contributed by atoms with Crippen molar-refractivity contribution in [1.29, 1.82) is 0 Å². The summed E-state index contributed by atoms with van der Waals surface area (Å²) in [7, 11) is 1.58. The van der Waals surface area contributed by atoms with Gasteiger partial charge in [0.1, 0.15) is 11.8 Å². The normalized spacial score (nSPS) is 12.5. The maximum absolute atomic E-state index is 13.0. The number of para-hydroxylation sites is 2. The number of nitrogens with zero attached hydrogens (tertiary/aromatic N) is 1. The minimum absolute atomic E-state index is 0.413. The molecule has 2 atom stereocenters. The highest BCUT2D eigenvalue weighted by atomic mass is 16.5. The lowest BCUT2D eigenvalue weighted by Crippen LogP contribution is -2.47. The predicted molar refractivity (Wildman–Crippen MR) is 124 cm³/mol. The van der Waals surface area contributed by atoms with Crippen LogP contribution in [0.3, 0.4) is 0 Å². The van der Waals surface area contributed by atoms with E-state index in [1.165, 1.54) is 6.92 Å². The number of benzene rings is 2. The first-order valence-electron chi connectivity index (χ1n) is 10.5. The summed E-state index contributed by atoms with van der Waals surface area (Å²) in [4.78, 5) is 37.3. The average molecular weight is 450 g/mol. The summed E-state index contributed by atoms with van der Waals surface area (Å²) in [5.74, 6) is -1.55. The van der Waals surface area contributed by atoms with Crippen molar-refractivity contribution in [1.82, 2.24) is 15.2 Å². The van der Waals surface area contributed by atoms with E-state index in [0.717, 1.165) is 11.4 Å². The Kier molecular flexibility index (Phi) is 7.17. The van der Waals surface area contributed by atoms with Crippen LogP contribution in [0.2, 0.25) is 0 Å². The molecule has 8 heteroatoms. The molecule has 33 heavy (non-hydrogen) atoms. The van der Waals surface area contributed by atoms with E-state index in [9.17, 15) is 19.5 Å². The molecule has 3 aromatic rings. The molecule has 0 bridgehead atoms. The van der Waals surface area contributed by atoms with Gasteiger partial charge in [-0.05, 0) is 44.5 Å². The topological polar surface area (TPSA) is 110 Å². The van der Waals surface area contributed by atoms with E-state index in [4.69, 9.17) is 4.74 Å². The van der Waals surface area contributed by atoms with Crippen LogP contribution in [0.25, 0.3) is 5.69 Å². The number of rotatable bonds is 8. The molecule has 0 aliphatic rings. The van der Waals surface area contributed by atoms with Gasteiger partial charge in [-0.25, -0.2) is 4.79 Å². The molecule has 2 unspecified atom stereocenters. The zero-order valence-electron chi connectivity index (χ0n) is 19.0.